The summed E-state index contributed by atoms with van der Waals surface area (Å²) in [5, 5.41) is 7.58. The van der Waals surface area contributed by atoms with Gasteiger partial charge in [0.1, 0.15) is 0 Å². The molecular weight excluding hydrogens is 248 g/mol. The van der Waals surface area contributed by atoms with Crippen molar-refractivity contribution in [1.29, 1.82) is 0 Å². The third kappa shape index (κ3) is 3.68. The van der Waals surface area contributed by atoms with Gasteiger partial charge in [-0.2, -0.15) is 0 Å². The normalized spacial score (nSPS) is 18.0. The number of thiophene rings is 1. The SMILES string of the molecule is Cc1ccc(C(C)NC(=S)NC2CCCC2)s1. The van der Waals surface area contributed by atoms with Gasteiger partial charge in [-0.3, -0.25) is 0 Å². The lowest BCUT2D eigenvalue weighted by Gasteiger charge is -2.19. The van der Waals surface area contributed by atoms with E-state index in [1.807, 2.05) is 11.3 Å². The van der Waals surface area contributed by atoms with Gasteiger partial charge in [0.05, 0.1) is 6.04 Å². The average molecular weight is 268 g/mol. The van der Waals surface area contributed by atoms with Crippen LogP contribution in [-0.4, -0.2) is 11.2 Å². The zero-order valence-electron chi connectivity index (χ0n) is 10.5. The molecule has 0 aliphatic heterocycles. The molecule has 2 rings (SSSR count). The topological polar surface area (TPSA) is 24.1 Å². The van der Waals surface area contributed by atoms with Crippen molar-refractivity contribution in [2.24, 2.45) is 0 Å². The summed E-state index contributed by atoms with van der Waals surface area (Å²) in [6.45, 7) is 4.30. The first kappa shape index (κ1) is 12.8. The molecule has 0 saturated heterocycles. The van der Waals surface area contributed by atoms with Crippen LogP contribution in [0.3, 0.4) is 0 Å². The second-order valence-corrected chi connectivity index (χ2v) is 6.50. The first-order valence-electron chi connectivity index (χ1n) is 6.28. The maximum absolute atomic E-state index is 5.36. The lowest BCUT2D eigenvalue weighted by atomic mass is 10.2. The maximum atomic E-state index is 5.36. The molecular formula is C13H20N2S2. The Morgan fingerprint density at radius 1 is 1.41 bits per heavy atom. The summed E-state index contributed by atoms with van der Waals surface area (Å²) < 4.78 is 0. The van der Waals surface area contributed by atoms with Crippen LogP contribution in [0.5, 0.6) is 0 Å². The van der Waals surface area contributed by atoms with E-state index >= 15 is 0 Å². The zero-order chi connectivity index (χ0) is 12.3. The van der Waals surface area contributed by atoms with Gasteiger partial charge in [-0.25, -0.2) is 0 Å². The summed E-state index contributed by atoms with van der Waals surface area (Å²) in [4.78, 5) is 2.70. The fraction of sp³-hybridized carbons (Fsp3) is 0.615. The number of rotatable bonds is 3. The van der Waals surface area contributed by atoms with Gasteiger partial charge in [0, 0.05) is 15.8 Å². The smallest absolute Gasteiger partial charge is 0.167 e. The Bertz CT molecular complexity index is 381. The van der Waals surface area contributed by atoms with E-state index < -0.39 is 0 Å². The lowest BCUT2D eigenvalue weighted by Crippen LogP contribution is -2.41. The Morgan fingerprint density at radius 3 is 2.71 bits per heavy atom. The van der Waals surface area contributed by atoms with Crippen molar-refractivity contribution in [3.05, 3.63) is 21.9 Å². The van der Waals surface area contributed by atoms with Gasteiger partial charge >= 0.3 is 0 Å². The summed E-state index contributed by atoms with van der Waals surface area (Å²) in [6, 6.07) is 5.23. The first-order valence-corrected chi connectivity index (χ1v) is 7.51. The molecule has 1 aliphatic carbocycles. The van der Waals surface area contributed by atoms with E-state index in [0.717, 1.165) is 5.11 Å². The Balaban J connectivity index is 1.81. The maximum Gasteiger partial charge on any atom is 0.167 e. The first-order chi connectivity index (χ1) is 8.15. The van der Waals surface area contributed by atoms with Crippen LogP contribution in [0.15, 0.2) is 12.1 Å². The molecule has 0 aromatic carbocycles. The molecule has 0 bridgehead atoms. The Morgan fingerprint density at radius 2 is 2.12 bits per heavy atom. The van der Waals surface area contributed by atoms with Crippen molar-refractivity contribution < 1.29 is 0 Å². The lowest BCUT2D eigenvalue weighted by molar-refractivity contribution is 0.608. The average Bonchev–Trinajstić information content (AvgIpc) is 2.89. The number of nitrogens with one attached hydrogen (secondary N) is 2. The van der Waals surface area contributed by atoms with Gasteiger partial charge < -0.3 is 10.6 Å². The van der Waals surface area contributed by atoms with Crippen LogP contribution in [0.2, 0.25) is 0 Å². The molecule has 1 aliphatic rings. The summed E-state index contributed by atoms with van der Waals surface area (Å²) in [5.74, 6) is 0. The molecule has 1 saturated carbocycles. The Labute approximate surface area is 113 Å². The highest BCUT2D eigenvalue weighted by molar-refractivity contribution is 7.80. The molecule has 1 atom stereocenters. The van der Waals surface area contributed by atoms with Gasteiger partial charge in [-0.15, -0.1) is 11.3 Å². The van der Waals surface area contributed by atoms with Crippen molar-refractivity contribution in [3.63, 3.8) is 0 Å². The summed E-state index contributed by atoms with van der Waals surface area (Å²) >= 11 is 7.19. The predicted octanol–water partition coefficient (Wildman–Crippen LogP) is 3.52. The van der Waals surface area contributed by atoms with E-state index in [9.17, 15) is 0 Å². The molecule has 17 heavy (non-hydrogen) atoms. The van der Waals surface area contributed by atoms with E-state index in [2.05, 4.69) is 36.6 Å². The van der Waals surface area contributed by atoms with Gasteiger partial charge in [0.25, 0.3) is 0 Å². The van der Waals surface area contributed by atoms with Crippen LogP contribution in [0.4, 0.5) is 0 Å². The van der Waals surface area contributed by atoms with Crippen LogP contribution in [0.25, 0.3) is 0 Å². The molecule has 0 radical (unpaired) electrons. The fourth-order valence-electron chi connectivity index (χ4n) is 2.25. The predicted molar refractivity (Wildman–Crippen MR) is 78.6 cm³/mol. The molecule has 0 amide bonds. The number of hydrogen-bond donors (Lipinski definition) is 2. The van der Waals surface area contributed by atoms with Crippen LogP contribution in [-0.2, 0) is 0 Å². The zero-order valence-corrected chi connectivity index (χ0v) is 12.1. The van der Waals surface area contributed by atoms with E-state index in [-0.39, 0.29) is 0 Å². The van der Waals surface area contributed by atoms with Crippen LogP contribution >= 0.6 is 23.6 Å². The van der Waals surface area contributed by atoms with E-state index in [1.54, 1.807) is 0 Å². The Kier molecular flexibility index (Phi) is 4.40. The standard InChI is InChI=1S/C13H20N2S2/c1-9-7-8-12(17-9)10(2)14-13(16)15-11-5-3-4-6-11/h7-8,10-11H,3-6H2,1-2H3,(H2,14,15,16). The molecule has 1 unspecified atom stereocenters. The van der Waals surface area contributed by atoms with Crippen molar-refractivity contribution in [2.45, 2.75) is 51.6 Å². The summed E-state index contributed by atoms with van der Waals surface area (Å²) in [5.41, 5.74) is 0. The second kappa shape index (κ2) is 5.83. The molecule has 1 aromatic heterocycles. The number of thiocarbonyl (C=S) groups is 1. The van der Waals surface area contributed by atoms with Crippen molar-refractivity contribution in [3.8, 4) is 0 Å². The van der Waals surface area contributed by atoms with E-state index in [4.69, 9.17) is 12.2 Å². The Hall–Kier alpha value is -0.610. The van der Waals surface area contributed by atoms with Gasteiger partial charge in [0.15, 0.2) is 5.11 Å². The highest BCUT2D eigenvalue weighted by Gasteiger charge is 2.16. The van der Waals surface area contributed by atoms with Crippen molar-refractivity contribution in [2.75, 3.05) is 0 Å². The largest absolute Gasteiger partial charge is 0.360 e. The molecule has 0 spiro atoms. The number of aryl methyl sites for hydroxylation is 1. The molecule has 1 fully saturated rings. The molecule has 4 heteroatoms. The molecule has 2 N–H and O–H groups in total. The summed E-state index contributed by atoms with van der Waals surface area (Å²) in [6.07, 6.45) is 5.18. The highest BCUT2D eigenvalue weighted by Crippen LogP contribution is 2.22. The molecule has 2 nitrogen and oxygen atoms in total. The van der Waals surface area contributed by atoms with Gasteiger partial charge in [0.2, 0.25) is 0 Å². The minimum Gasteiger partial charge on any atom is -0.360 e. The fourth-order valence-corrected chi connectivity index (χ4v) is 3.47. The van der Waals surface area contributed by atoms with Gasteiger partial charge in [-0.05, 0) is 51.0 Å². The van der Waals surface area contributed by atoms with E-state index in [0.29, 0.717) is 12.1 Å². The molecule has 1 heterocycles. The molecule has 94 valence electrons. The van der Waals surface area contributed by atoms with Crippen LogP contribution in [0.1, 0.15) is 48.4 Å². The second-order valence-electron chi connectivity index (χ2n) is 4.77. The molecule has 1 aromatic rings. The third-order valence-electron chi connectivity index (χ3n) is 3.23. The number of hydrogen-bond acceptors (Lipinski definition) is 2. The van der Waals surface area contributed by atoms with Gasteiger partial charge in [-0.1, -0.05) is 12.8 Å². The minimum absolute atomic E-state index is 0.301. The van der Waals surface area contributed by atoms with Crippen LogP contribution < -0.4 is 10.6 Å². The minimum atomic E-state index is 0.301. The van der Waals surface area contributed by atoms with E-state index in [1.165, 1.54) is 35.4 Å². The highest BCUT2D eigenvalue weighted by atomic mass is 32.1. The summed E-state index contributed by atoms with van der Waals surface area (Å²) in [7, 11) is 0. The monoisotopic (exact) mass is 268 g/mol. The quantitative estimate of drug-likeness (QED) is 0.820. The third-order valence-corrected chi connectivity index (χ3v) is 4.65. The van der Waals surface area contributed by atoms with Crippen molar-refractivity contribution >= 4 is 28.7 Å². The van der Waals surface area contributed by atoms with Crippen molar-refractivity contribution in [1.82, 2.24) is 10.6 Å². The van der Waals surface area contributed by atoms with Crippen LogP contribution in [0, 0.1) is 6.92 Å².